The van der Waals surface area contributed by atoms with E-state index in [0.717, 1.165) is 26.2 Å². The van der Waals surface area contributed by atoms with Crippen LogP contribution in [0.15, 0.2) is 30.3 Å². The van der Waals surface area contributed by atoms with E-state index in [-0.39, 0.29) is 0 Å². The van der Waals surface area contributed by atoms with Crippen molar-refractivity contribution in [2.75, 3.05) is 13.2 Å². The lowest BCUT2D eigenvalue weighted by Crippen LogP contribution is -2.28. The van der Waals surface area contributed by atoms with Crippen molar-refractivity contribution in [1.29, 1.82) is 0 Å². The first-order valence-corrected chi connectivity index (χ1v) is 5.79. The molecule has 3 rings (SSSR count). The fourth-order valence-electron chi connectivity index (χ4n) is 2.18. The second kappa shape index (κ2) is 4.28. The monoisotopic (exact) mass is 216 g/mol. The first-order chi connectivity index (χ1) is 7.92. The number of benzene rings is 1. The Morgan fingerprint density at radius 3 is 3.12 bits per heavy atom. The number of aromatic amines is 1. The first-order valence-electron chi connectivity index (χ1n) is 5.79. The quantitative estimate of drug-likeness (QED) is 0.824. The summed E-state index contributed by atoms with van der Waals surface area (Å²) in [7, 11) is 0. The molecule has 0 aliphatic carbocycles. The molecule has 2 aromatic rings. The predicted molar refractivity (Wildman–Crippen MR) is 64.4 cm³/mol. The highest BCUT2D eigenvalue weighted by Crippen LogP contribution is 2.14. The Kier molecular flexibility index (Phi) is 2.64. The number of aromatic nitrogens is 1. The molecule has 16 heavy (non-hydrogen) atoms. The van der Waals surface area contributed by atoms with Crippen molar-refractivity contribution in [1.82, 2.24) is 10.3 Å². The maximum Gasteiger partial charge on any atom is 0.0620 e. The van der Waals surface area contributed by atoms with Crippen LogP contribution in [0.3, 0.4) is 0 Å². The Labute approximate surface area is 94.8 Å². The molecule has 84 valence electrons. The molecule has 0 amide bonds. The average molecular weight is 216 g/mol. The highest BCUT2D eigenvalue weighted by Gasteiger charge is 2.14. The van der Waals surface area contributed by atoms with Gasteiger partial charge in [-0.3, -0.25) is 0 Å². The molecule has 0 bridgehead atoms. The molecule has 1 aromatic carbocycles. The largest absolute Gasteiger partial charge is 0.380 e. The summed E-state index contributed by atoms with van der Waals surface area (Å²) < 4.78 is 5.33. The van der Waals surface area contributed by atoms with Crippen LogP contribution in [0.25, 0.3) is 10.9 Å². The van der Waals surface area contributed by atoms with Crippen molar-refractivity contribution in [2.45, 2.75) is 19.0 Å². The van der Waals surface area contributed by atoms with Crippen LogP contribution in [0.2, 0.25) is 0 Å². The van der Waals surface area contributed by atoms with Crippen LogP contribution in [0.4, 0.5) is 0 Å². The summed E-state index contributed by atoms with van der Waals surface area (Å²) in [6, 6.07) is 11.1. The van der Waals surface area contributed by atoms with E-state index in [1.165, 1.54) is 16.6 Å². The molecule has 1 aliphatic heterocycles. The molecule has 3 heteroatoms. The van der Waals surface area contributed by atoms with Crippen molar-refractivity contribution in [3.05, 3.63) is 36.0 Å². The molecule has 2 heterocycles. The summed E-state index contributed by atoms with van der Waals surface area (Å²) in [6.45, 7) is 2.63. The maximum absolute atomic E-state index is 5.33. The fraction of sp³-hybridized carbons (Fsp3) is 0.385. The average Bonchev–Trinajstić information content (AvgIpc) is 2.95. The molecule has 1 atom stereocenters. The molecule has 3 nitrogen and oxygen atoms in total. The zero-order valence-electron chi connectivity index (χ0n) is 9.20. The standard InChI is InChI=1S/C13H16N2O/c1-2-4-13-10(3-1)7-12(15-13)8-14-11-5-6-16-9-11/h1-4,7,11,14-15H,5-6,8-9H2. The Hall–Kier alpha value is -1.32. The molecule has 0 spiro atoms. The summed E-state index contributed by atoms with van der Waals surface area (Å²) in [5, 5.41) is 4.78. The van der Waals surface area contributed by atoms with Gasteiger partial charge in [0.15, 0.2) is 0 Å². The Morgan fingerprint density at radius 2 is 2.31 bits per heavy atom. The van der Waals surface area contributed by atoms with Crippen LogP contribution in [0.5, 0.6) is 0 Å². The van der Waals surface area contributed by atoms with E-state index < -0.39 is 0 Å². The highest BCUT2D eigenvalue weighted by atomic mass is 16.5. The van der Waals surface area contributed by atoms with Crippen molar-refractivity contribution < 1.29 is 4.74 Å². The van der Waals surface area contributed by atoms with Gasteiger partial charge in [0.2, 0.25) is 0 Å². The van der Waals surface area contributed by atoms with E-state index in [2.05, 4.69) is 40.6 Å². The van der Waals surface area contributed by atoms with Gasteiger partial charge in [-0.15, -0.1) is 0 Å². The number of ether oxygens (including phenoxy) is 1. The SMILES string of the molecule is c1ccc2[nH]c(CNC3CCOC3)cc2c1. The lowest BCUT2D eigenvalue weighted by molar-refractivity contribution is 0.189. The van der Waals surface area contributed by atoms with E-state index >= 15 is 0 Å². The van der Waals surface area contributed by atoms with Crippen LogP contribution in [0.1, 0.15) is 12.1 Å². The summed E-state index contributed by atoms with van der Waals surface area (Å²) >= 11 is 0. The summed E-state index contributed by atoms with van der Waals surface area (Å²) in [6.07, 6.45) is 1.13. The highest BCUT2D eigenvalue weighted by molar-refractivity contribution is 5.80. The van der Waals surface area contributed by atoms with Crippen molar-refractivity contribution in [3.8, 4) is 0 Å². The third kappa shape index (κ3) is 1.96. The van der Waals surface area contributed by atoms with Gasteiger partial charge in [0.25, 0.3) is 0 Å². The summed E-state index contributed by atoms with van der Waals surface area (Å²) in [5.41, 5.74) is 2.45. The number of nitrogens with one attached hydrogen (secondary N) is 2. The molecular formula is C13H16N2O. The van der Waals surface area contributed by atoms with Crippen LogP contribution in [-0.4, -0.2) is 24.2 Å². The van der Waals surface area contributed by atoms with Gasteiger partial charge in [-0.05, 0) is 23.9 Å². The van der Waals surface area contributed by atoms with E-state index in [4.69, 9.17) is 4.74 Å². The van der Waals surface area contributed by atoms with Crippen LogP contribution in [-0.2, 0) is 11.3 Å². The van der Waals surface area contributed by atoms with Gasteiger partial charge in [-0.2, -0.15) is 0 Å². The molecule has 1 unspecified atom stereocenters. The minimum atomic E-state index is 0.520. The molecule has 0 radical (unpaired) electrons. The second-order valence-electron chi connectivity index (χ2n) is 4.32. The predicted octanol–water partition coefficient (Wildman–Crippen LogP) is 2.05. The van der Waals surface area contributed by atoms with Gasteiger partial charge < -0.3 is 15.0 Å². The summed E-state index contributed by atoms with van der Waals surface area (Å²) in [5.74, 6) is 0. The lowest BCUT2D eigenvalue weighted by atomic mass is 10.2. The van der Waals surface area contributed by atoms with Gasteiger partial charge in [-0.1, -0.05) is 18.2 Å². The van der Waals surface area contributed by atoms with E-state index in [9.17, 15) is 0 Å². The Morgan fingerprint density at radius 1 is 1.38 bits per heavy atom. The van der Waals surface area contributed by atoms with Gasteiger partial charge >= 0.3 is 0 Å². The van der Waals surface area contributed by atoms with E-state index in [1.807, 2.05) is 0 Å². The topological polar surface area (TPSA) is 37.0 Å². The van der Waals surface area contributed by atoms with Crippen LogP contribution < -0.4 is 5.32 Å². The van der Waals surface area contributed by atoms with Crippen molar-refractivity contribution in [3.63, 3.8) is 0 Å². The third-order valence-corrected chi connectivity index (χ3v) is 3.10. The third-order valence-electron chi connectivity index (χ3n) is 3.10. The smallest absolute Gasteiger partial charge is 0.0620 e. The van der Waals surface area contributed by atoms with E-state index in [1.54, 1.807) is 0 Å². The zero-order chi connectivity index (χ0) is 10.8. The molecule has 0 saturated carbocycles. The van der Waals surface area contributed by atoms with Gasteiger partial charge in [-0.25, -0.2) is 0 Å². The lowest BCUT2D eigenvalue weighted by Gasteiger charge is -2.08. The molecule has 2 N–H and O–H groups in total. The van der Waals surface area contributed by atoms with Gasteiger partial charge in [0, 0.05) is 30.4 Å². The van der Waals surface area contributed by atoms with Crippen LogP contribution in [0, 0.1) is 0 Å². The number of para-hydroxylation sites is 1. The van der Waals surface area contributed by atoms with Gasteiger partial charge in [0.1, 0.15) is 0 Å². The normalized spacial score (nSPS) is 20.6. The zero-order valence-corrected chi connectivity index (χ0v) is 9.20. The Balaban J connectivity index is 1.69. The Bertz CT molecular complexity index is 438. The number of hydrogen-bond acceptors (Lipinski definition) is 2. The number of hydrogen-bond donors (Lipinski definition) is 2. The minimum Gasteiger partial charge on any atom is -0.380 e. The fourth-order valence-corrected chi connectivity index (χ4v) is 2.18. The number of fused-ring (bicyclic) bond motifs is 1. The van der Waals surface area contributed by atoms with Gasteiger partial charge in [0.05, 0.1) is 6.61 Å². The molecule has 1 fully saturated rings. The van der Waals surface area contributed by atoms with Crippen LogP contribution >= 0.6 is 0 Å². The molecule has 1 saturated heterocycles. The molecule has 1 aromatic heterocycles. The minimum absolute atomic E-state index is 0.520. The molecular weight excluding hydrogens is 200 g/mol. The maximum atomic E-state index is 5.33. The summed E-state index contributed by atoms with van der Waals surface area (Å²) in [4.78, 5) is 3.42. The number of rotatable bonds is 3. The van der Waals surface area contributed by atoms with E-state index in [0.29, 0.717) is 6.04 Å². The second-order valence-corrected chi connectivity index (χ2v) is 4.32. The first kappa shape index (κ1) is 9.87. The van der Waals surface area contributed by atoms with Crippen molar-refractivity contribution in [2.24, 2.45) is 0 Å². The molecule has 1 aliphatic rings. The number of H-pyrrole nitrogens is 1. The van der Waals surface area contributed by atoms with Crippen molar-refractivity contribution >= 4 is 10.9 Å².